The van der Waals surface area contributed by atoms with Crippen molar-refractivity contribution < 1.29 is 5.11 Å². The molecule has 1 N–H and O–H groups in total. The Morgan fingerprint density at radius 1 is 1.24 bits per heavy atom. The second kappa shape index (κ2) is 4.33. The van der Waals surface area contributed by atoms with E-state index in [1.807, 2.05) is 11.8 Å². The van der Waals surface area contributed by atoms with E-state index >= 15 is 0 Å². The largest absolute Gasteiger partial charge is 0.384 e. The van der Waals surface area contributed by atoms with E-state index in [1.54, 1.807) is 0 Å². The molecule has 1 aliphatic heterocycles. The SMILES string of the molecule is CC1CC(O)(c2ccc(C3CCC3)cc2)CS1. The molecule has 2 atom stereocenters. The fourth-order valence-electron chi connectivity index (χ4n) is 2.88. The minimum Gasteiger partial charge on any atom is -0.384 e. The topological polar surface area (TPSA) is 20.2 Å². The summed E-state index contributed by atoms with van der Waals surface area (Å²) in [6.45, 7) is 2.20. The molecule has 2 aliphatic rings. The first-order chi connectivity index (χ1) is 8.17. The van der Waals surface area contributed by atoms with Crippen molar-refractivity contribution in [1.29, 1.82) is 0 Å². The van der Waals surface area contributed by atoms with Crippen molar-refractivity contribution >= 4 is 11.8 Å². The lowest BCUT2D eigenvalue weighted by Crippen LogP contribution is -2.25. The fourth-order valence-corrected chi connectivity index (χ4v) is 4.12. The van der Waals surface area contributed by atoms with E-state index in [4.69, 9.17) is 0 Å². The van der Waals surface area contributed by atoms with Crippen LogP contribution in [0.4, 0.5) is 0 Å². The smallest absolute Gasteiger partial charge is 0.0997 e. The first kappa shape index (κ1) is 11.6. The molecule has 1 nitrogen and oxygen atoms in total. The summed E-state index contributed by atoms with van der Waals surface area (Å²) in [6, 6.07) is 8.74. The van der Waals surface area contributed by atoms with Crippen molar-refractivity contribution in [3.8, 4) is 0 Å². The van der Waals surface area contributed by atoms with Crippen LogP contribution in [0.2, 0.25) is 0 Å². The van der Waals surface area contributed by atoms with Crippen LogP contribution < -0.4 is 0 Å². The van der Waals surface area contributed by atoms with Crippen LogP contribution in [-0.2, 0) is 5.60 Å². The van der Waals surface area contributed by atoms with Crippen molar-refractivity contribution in [3.63, 3.8) is 0 Å². The number of hydrogen-bond donors (Lipinski definition) is 1. The lowest BCUT2D eigenvalue weighted by molar-refractivity contribution is 0.0612. The highest BCUT2D eigenvalue weighted by Gasteiger charge is 2.37. The van der Waals surface area contributed by atoms with Gasteiger partial charge < -0.3 is 5.11 Å². The van der Waals surface area contributed by atoms with Crippen LogP contribution in [0, 0.1) is 0 Å². The van der Waals surface area contributed by atoms with Gasteiger partial charge in [0.1, 0.15) is 0 Å². The summed E-state index contributed by atoms with van der Waals surface area (Å²) in [4.78, 5) is 0. The fraction of sp³-hybridized carbons (Fsp3) is 0.600. The quantitative estimate of drug-likeness (QED) is 0.862. The molecule has 1 aromatic carbocycles. The molecule has 1 saturated carbocycles. The Labute approximate surface area is 108 Å². The lowest BCUT2D eigenvalue weighted by atomic mass is 9.79. The Kier molecular flexibility index (Phi) is 2.95. The summed E-state index contributed by atoms with van der Waals surface area (Å²) in [5.41, 5.74) is 1.99. The van der Waals surface area contributed by atoms with E-state index < -0.39 is 5.60 Å². The molecule has 2 unspecified atom stereocenters. The van der Waals surface area contributed by atoms with Crippen molar-refractivity contribution in [2.75, 3.05) is 5.75 Å². The lowest BCUT2D eigenvalue weighted by Gasteiger charge is -2.27. The first-order valence-electron chi connectivity index (χ1n) is 6.62. The third-order valence-electron chi connectivity index (χ3n) is 4.26. The highest BCUT2D eigenvalue weighted by Crippen LogP contribution is 2.42. The summed E-state index contributed by atoms with van der Waals surface area (Å²) in [6.07, 6.45) is 4.96. The maximum Gasteiger partial charge on any atom is 0.0997 e. The zero-order valence-electron chi connectivity index (χ0n) is 10.4. The molecular weight excluding hydrogens is 228 g/mol. The number of aliphatic hydroxyl groups is 1. The van der Waals surface area contributed by atoms with Crippen molar-refractivity contribution in [3.05, 3.63) is 35.4 Å². The molecule has 1 heterocycles. The van der Waals surface area contributed by atoms with E-state index in [9.17, 15) is 5.11 Å². The van der Waals surface area contributed by atoms with Crippen LogP contribution in [0.1, 0.15) is 49.7 Å². The standard InChI is InChI=1S/C15H20OS/c1-11-9-15(16,10-17-11)14-7-5-13(6-8-14)12-3-2-4-12/h5-8,11-12,16H,2-4,9-10H2,1H3. The van der Waals surface area contributed by atoms with Crippen molar-refractivity contribution in [1.82, 2.24) is 0 Å². The van der Waals surface area contributed by atoms with Gasteiger partial charge in [0.2, 0.25) is 0 Å². The molecule has 0 amide bonds. The van der Waals surface area contributed by atoms with Gasteiger partial charge in [0.05, 0.1) is 5.60 Å². The molecule has 0 radical (unpaired) electrons. The molecule has 17 heavy (non-hydrogen) atoms. The van der Waals surface area contributed by atoms with E-state index in [0.29, 0.717) is 5.25 Å². The third-order valence-corrected chi connectivity index (χ3v) is 5.64. The van der Waals surface area contributed by atoms with Crippen LogP contribution in [0.15, 0.2) is 24.3 Å². The van der Waals surface area contributed by atoms with Crippen LogP contribution in [0.5, 0.6) is 0 Å². The molecule has 2 heteroatoms. The normalized spacial score (nSPS) is 33.6. The molecule has 1 aliphatic carbocycles. The molecule has 0 aromatic heterocycles. The van der Waals surface area contributed by atoms with Crippen molar-refractivity contribution in [2.24, 2.45) is 0 Å². The van der Waals surface area contributed by atoms with Gasteiger partial charge in [0.25, 0.3) is 0 Å². The van der Waals surface area contributed by atoms with Gasteiger partial charge in [-0.15, -0.1) is 0 Å². The van der Waals surface area contributed by atoms with Gasteiger partial charge in [-0.25, -0.2) is 0 Å². The van der Waals surface area contributed by atoms with Gasteiger partial charge in [-0.1, -0.05) is 37.6 Å². The summed E-state index contributed by atoms with van der Waals surface area (Å²) in [5.74, 6) is 1.63. The average Bonchev–Trinajstić information content (AvgIpc) is 2.58. The predicted octanol–water partition coefficient (Wildman–Crippen LogP) is 3.67. The maximum absolute atomic E-state index is 10.6. The summed E-state index contributed by atoms with van der Waals surface area (Å²) in [7, 11) is 0. The molecule has 2 fully saturated rings. The van der Waals surface area contributed by atoms with Crippen LogP contribution in [0.25, 0.3) is 0 Å². The molecule has 3 rings (SSSR count). The van der Waals surface area contributed by atoms with Crippen LogP contribution in [-0.4, -0.2) is 16.1 Å². The Morgan fingerprint density at radius 3 is 2.41 bits per heavy atom. The summed E-state index contributed by atoms with van der Waals surface area (Å²) in [5, 5.41) is 11.2. The van der Waals surface area contributed by atoms with E-state index in [2.05, 4.69) is 31.2 Å². The van der Waals surface area contributed by atoms with Crippen LogP contribution >= 0.6 is 11.8 Å². The Bertz CT molecular complexity index is 396. The Hall–Kier alpha value is -0.470. The number of thioether (sulfide) groups is 1. The van der Waals surface area contributed by atoms with Gasteiger partial charge in [0, 0.05) is 11.0 Å². The minimum atomic E-state index is -0.581. The molecule has 1 saturated heterocycles. The average molecular weight is 248 g/mol. The first-order valence-corrected chi connectivity index (χ1v) is 7.67. The third kappa shape index (κ3) is 2.13. The number of benzene rings is 1. The monoisotopic (exact) mass is 248 g/mol. The zero-order valence-corrected chi connectivity index (χ0v) is 11.2. The van der Waals surface area contributed by atoms with Crippen molar-refractivity contribution in [2.45, 2.75) is 49.4 Å². The summed E-state index contributed by atoms with van der Waals surface area (Å²) >= 11 is 1.88. The number of hydrogen-bond acceptors (Lipinski definition) is 2. The maximum atomic E-state index is 10.6. The highest BCUT2D eigenvalue weighted by atomic mass is 32.2. The minimum absolute atomic E-state index is 0.575. The Balaban J connectivity index is 1.79. The zero-order chi connectivity index (χ0) is 11.9. The van der Waals surface area contributed by atoms with Crippen LogP contribution in [0.3, 0.4) is 0 Å². The van der Waals surface area contributed by atoms with Gasteiger partial charge in [-0.2, -0.15) is 11.8 Å². The highest BCUT2D eigenvalue weighted by molar-refractivity contribution is 8.00. The number of rotatable bonds is 2. The van der Waals surface area contributed by atoms with Gasteiger partial charge in [0.15, 0.2) is 0 Å². The van der Waals surface area contributed by atoms with Gasteiger partial charge in [-0.3, -0.25) is 0 Å². The van der Waals surface area contributed by atoms with E-state index in [0.717, 1.165) is 23.7 Å². The second-order valence-corrected chi connectivity index (χ2v) is 7.03. The predicted molar refractivity (Wildman–Crippen MR) is 73.5 cm³/mol. The summed E-state index contributed by atoms with van der Waals surface area (Å²) < 4.78 is 0. The molecular formula is C15H20OS. The van der Waals surface area contributed by atoms with Gasteiger partial charge >= 0.3 is 0 Å². The molecule has 0 bridgehead atoms. The molecule has 92 valence electrons. The van der Waals surface area contributed by atoms with E-state index in [1.165, 1.54) is 24.8 Å². The molecule has 1 aromatic rings. The van der Waals surface area contributed by atoms with E-state index in [-0.39, 0.29) is 0 Å². The van der Waals surface area contributed by atoms with Gasteiger partial charge in [-0.05, 0) is 36.3 Å². The molecule has 0 spiro atoms. The second-order valence-electron chi connectivity index (χ2n) is 5.61. The Morgan fingerprint density at radius 2 is 1.94 bits per heavy atom.